The van der Waals surface area contributed by atoms with Crippen LogP contribution in [-0.4, -0.2) is 34.4 Å². The van der Waals surface area contributed by atoms with E-state index >= 15 is 0 Å². The van der Waals surface area contributed by atoms with Crippen molar-refractivity contribution in [3.05, 3.63) is 0 Å². The van der Waals surface area contributed by atoms with Crippen molar-refractivity contribution in [3.63, 3.8) is 0 Å². The second kappa shape index (κ2) is 18.3. The van der Waals surface area contributed by atoms with Crippen LogP contribution in [0.25, 0.3) is 0 Å². The lowest BCUT2D eigenvalue weighted by Crippen LogP contribution is -2.22. The maximum atomic E-state index is 11.6. The smallest absolute Gasteiger partial charge is 0.308 e. The van der Waals surface area contributed by atoms with Crippen LogP contribution in [0.2, 0.25) is 0 Å². The molecule has 27 heavy (non-hydrogen) atoms. The van der Waals surface area contributed by atoms with E-state index in [2.05, 4.69) is 6.92 Å². The first-order chi connectivity index (χ1) is 13.0. The van der Waals surface area contributed by atoms with E-state index in [1.807, 2.05) is 0 Å². The summed E-state index contributed by atoms with van der Waals surface area (Å²) in [5.74, 6) is -1.52. The molecule has 0 aliphatic rings. The number of unbranched alkanes of at least 4 members (excludes halogenated alkanes) is 12. The number of aliphatic hydroxyl groups excluding tert-OH is 1. The van der Waals surface area contributed by atoms with Gasteiger partial charge in [-0.3, -0.25) is 9.59 Å². The van der Waals surface area contributed by atoms with Crippen molar-refractivity contribution < 1.29 is 24.5 Å². The number of hydrogen-bond acceptors (Lipinski definition) is 4. The summed E-state index contributed by atoms with van der Waals surface area (Å²) in [7, 11) is 0. The molecular weight excluding hydrogens is 344 g/mol. The Labute approximate surface area is 165 Å². The van der Waals surface area contributed by atoms with E-state index in [4.69, 9.17) is 9.84 Å². The summed E-state index contributed by atoms with van der Waals surface area (Å²) in [6, 6.07) is 0. The molecule has 0 aromatic heterocycles. The number of rotatable bonds is 19. The van der Waals surface area contributed by atoms with Crippen LogP contribution in [0, 0.1) is 0 Å². The van der Waals surface area contributed by atoms with Crippen molar-refractivity contribution in [2.45, 2.75) is 129 Å². The van der Waals surface area contributed by atoms with E-state index in [9.17, 15) is 14.7 Å². The van der Waals surface area contributed by atoms with Gasteiger partial charge in [-0.15, -0.1) is 0 Å². The molecule has 0 aliphatic heterocycles. The van der Waals surface area contributed by atoms with Crippen molar-refractivity contribution in [2.75, 3.05) is 0 Å². The predicted molar refractivity (Wildman–Crippen MR) is 109 cm³/mol. The Morgan fingerprint density at radius 2 is 1.22 bits per heavy atom. The van der Waals surface area contributed by atoms with Crippen LogP contribution in [0.3, 0.4) is 0 Å². The second-order valence-corrected chi connectivity index (χ2v) is 7.79. The molecular formula is C22H42O5. The van der Waals surface area contributed by atoms with Gasteiger partial charge in [-0.05, 0) is 13.3 Å². The van der Waals surface area contributed by atoms with E-state index in [-0.39, 0.29) is 12.8 Å². The van der Waals surface area contributed by atoms with Gasteiger partial charge in [0, 0.05) is 0 Å². The third-order valence-electron chi connectivity index (χ3n) is 4.84. The number of hydrogen-bond donors (Lipinski definition) is 2. The quantitative estimate of drug-likeness (QED) is 0.222. The molecule has 5 heteroatoms. The van der Waals surface area contributed by atoms with Crippen LogP contribution in [-0.2, 0) is 14.3 Å². The molecule has 0 bridgehead atoms. The van der Waals surface area contributed by atoms with Gasteiger partial charge in [0.25, 0.3) is 0 Å². The number of esters is 1. The summed E-state index contributed by atoms with van der Waals surface area (Å²) < 4.78 is 4.97. The average molecular weight is 387 g/mol. The van der Waals surface area contributed by atoms with Crippen molar-refractivity contribution in [1.29, 1.82) is 0 Å². The lowest BCUT2D eigenvalue weighted by atomic mass is 10.0. The van der Waals surface area contributed by atoms with Crippen LogP contribution < -0.4 is 0 Å². The number of aliphatic carboxylic acids is 1. The van der Waals surface area contributed by atoms with Crippen LogP contribution in [0.1, 0.15) is 117 Å². The number of carbonyl (C=O) groups excluding carboxylic acids is 1. The molecule has 2 N–H and O–H groups in total. The fourth-order valence-corrected chi connectivity index (χ4v) is 3.25. The minimum Gasteiger partial charge on any atom is -0.481 e. The molecule has 2 unspecified atom stereocenters. The first kappa shape index (κ1) is 25.9. The highest BCUT2D eigenvalue weighted by Gasteiger charge is 2.16. The normalized spacial score (nSPS) is 13.3. The Balaban J connectivity index is 3.39. The Hall–Kier alpha value is -1.10. The minimum atomic E-state index is -0.997. The van der Waals surface area contributed by atoms with Crippen LogP contribution in [0.4, 0.5) is 0 Å². The average Bonchev–Trinajstić information content (AvgIpc) is 2.57. The topological polar surface area (TPSA) is 83.8 Å². The number of carbonyl (C=O) groups is 2. The third kappa shape index (κ3) is 19.5. The van der Waals surface area contributed by atoms with E-state index in [0.29, 0.717) is 6.42 Å². The lowest BCUT2D eigenvalue weighted by Gasteiger charge is -2.13. The fraction of sp³-hybridized carbons (Fsp3) is 0.909. The fourth-order valence-electron chi connectivity index (χ4n) is 3.25. The maximum Gasteiger partial charge on any atom is 0.308 e. The van der Waals surface area contributed by atoms with Crippen molar-refractivity contribution >= 4 is 11.9 Å². The summed E-state index contributed by atoms with van der Waals surface area (Å²) >= 11 is 0. The zero-order valence-electron chi connectivity index (χ0n) is 17.6. The molecule has 0 heterocycles. The highest BCUT2D eigenvalue weighted by Crippen LogP contribution is 2.14. The molecule has 0 aromatic carbocycles. The molecule has 0 aliphatic carbocycles. The molecule has 0 fully saturated rings. The Kier molecular flexibility index (Phi) is 17.5. The van der Waals surface area contributed by atoms with Crippen LogP contribution in [0.5, 0.6) is 0 Å². The van der Waals surface area contributed by atoms with Gasteiger partial charge in [-0.25, -0.2) is 0 Å². The van der Waals surface area contributed by atoms with Crippen LogP contribution in [0.15, 0.2) is 0 Å². The largest absolute Gasteiger partial charge is 0.481 e. The van der Waals surface area contributed by atoms with Crippen molar-refractivity contribution in [3.8, 4) is 0 Å². The summed E-state index contributed by atoms with van der Waals surface area (Å²) in [6.07, 6.45) is 15.6. The maximum absolute atomic E-state index is 11.6. The lowest BCUT2D eigenvalue weighted by molar-refractivity contribution is -0.153. The number of aliphatic hydroxyl groups is 1. The van der Waals surface area contributed by atoms with Gasteiger partial charge in [0.2, 0.25) is 0 Å². The van der Waals surface area contributed by atoms with Gasteiger partial charge < -0.3 is 14.9 Å². The molecule has 160 valence electrons. The van der Waals surface area contributed by atoms with Crippen molar-refractivity contribution in [2.24, 2.45) is 0 Å². The monoisotopic (exact) mass is 386 g/mol. The first-order valence-electron chi connectivity index (χ1n) is 11.0. The summed E-state index contributed by atoms with van der Waals surface area (Å²) in [6.45, 7) is 3.80. The van der Waals surface area contributed by atoms with Gasteiger partial charge in [0.1, 0.15) is 6.10 Å². The molecule has 5 nitrogen and oxygen atoms in total. The van der Waals surface area contributed by atoms with Gasteiger partial charge in [0.15, 0.2) is 0 Å². The van der Waals surface area contributed by atoms with Gasteiger partial charge in [-0.2, -0.15) is 0 Å². The van der Waals surface area contributed by atoms with E-state index < -0.39 is 24.1 Å². The number of carboxylic acid groups (broad SMARTS) is 1. The van der Waals surface area contributed by atoms with E-state index in [1.54, 1.807) is 6.92 Å². The van der Waals surface area contributed by atoms with Crippen molar-refractivity contribution in [1.82, 2.24) is 0 Å². The highest BCUT2D eigenvalue weighted by molar-refractivity contribution is 5.71. The van der Waals surface area contributed by atoms with Crippen LogP contribution >= 0.6 is 0 Å². The Bertz CT molecular complexity index is 370. The molecule has 0 amide bonds. The highest BCUT2D eigenvalue weighted by atomic mass is 16.5. The number of ether oxygens (including phenoxy) is 1. The Morgan fingerprint density at radius 1 is 0.778 bits per heavy atom. The summed E-state index contributed by atoms with van der Waals surface area (Å²) in [4.78, 5) is 22.1. The summed E-state index contributed by atoms with van der Waals surface area (Å²) in [5, 5.41) is 18.5. The SMILES string of the molecule is CCCCCCCCCCCCCCCC(O)CC(=O)OC(C)CC(=O)O. The molecule has 0 radical (unpaired) electrons. The van der Waals surface area contributed by atoms with E-state index in [0.717, 1.165) is 12.8 Å². The van der Waals surface area contributed by atoms with Gasteiger partial charge in [0.05, 0.1) is 18.9 Å². The molecule has 0 saturated heterocycles. The third-order valence-corrected chi connectivity index (χ3v) is 4.84. The predicted octanol–water partition coefficient (Wildman–Crippen LogP) is 5.63. The minimum absolute atomic E-state index is 0.0534. The van der Waals surface area contributed by atoms with Gasteiger partial charge in [-0.1, -0.05) is 90.4 Å². The number of carboxylic acids is 1. The molecule has 2 atom stereocenters. The first-order valence-corrected chi connectivity index (χ1v) is 11.0. The molecule has 0 spiro atoms. The zero-order chi connectivity index (χ0) is 20.3. The standard InChI is InChI=1S/C22H42O5/c1-3-4-5-6-7-8-9-10-11-12-13-14-15-16-20(23)18-22(26)27-19(2)17-21(24)25/h19-20,23H,3-18H2,1-2H3,(H,24,25). The molecule has 0 rings (SSSR count). The Morgan fingerprint density at radius 3 is 1.67 bits per heavy atom. The second-order valence-electron chi connectivity index (χ2n) is 7.79. The van der Waals surface area contributed by atoms with Gasteiger partial charge >= 0.3 is 11.9 Å². The zero-order valence-corrected chi connectivity index (χ0v) is 17.6. The van der Waals surface area contributed by atoms with E-state index in [1.165, 1.54) is 70.6 Å². The molecule has 0 saturated carbocycles. The summed E-state index contributed by atoms with van der Waals surface area (Å²) in [5.41, 5.74) is 0. The molecule has 0 aromatic rings.